The Kier molecular flexibility index (Phi) is 4.36. The van der Waals surface area contributed by atoms with Gasteiger partial charge in [-0.25, -0.2) is 0 Å². The van der Waals surface area contributed by atoms with E-state index in [1.165, 1.54) is 23.1 Å². The molecule has 1 aromatic heterocycles. The van der Waals surface area contributed by atoms with Crippen LogP contribution in [0, 0.1) is 0 Å². The quantitative estimate of drug-likeness (QED) is 0.869. The molecule has 1 heterocycles. The molecule has 4 heteroatoms. The molecule has 3 nitrogen and oxygen atoms in total. The molecule has 1 N–H and O–H groups in total. The third-order valence-corrected chi connectivity index (χ3v) is 4.63. The van der Waals surface area contributed by atoms with Gasteiger partial charge in [0.25, 0.3) is 0 Å². The summed E-state index contributed by atoms with van der Waals surface area (Å²) in [6.45, 7) is 4.42. The molecule has 1 atom stereocenters. The second-order valence-electron chi connectivity index (χ2n) is 5.94. The molecule has 3 rings (SSSR count). The fourth-order valence-electron chi connectivity index (χ4n) is 3.11. The number of nitrogens with zero attached hydrogens (tertiary/aromatic N) is 1. The molecule has 21 heavy (non-hydrogen) atoms. The Bertz CT molecular complexity index is 621. The van der Waals surface area contributed by atoms with Crippen molar-refractivity contribution in [1.29, 1.82) is 0 Å². The molecule has 0 aliphatic heterocycles. The van der Waals surface area contributed by atoms with E-state index in [-0.39, 0.29) is 0 Å². The predicted molar refractivity (Wildman–Crippen MR) is 87.8 cm³/mol. The zero-order valence-electron chi connectivity index (χ0n) is 12.8. The lowest BCUT2D eigenvalue weighted by atomic mass is 9.84. The molecule has 1 aromatic carbocycles. The minimum absolute atomic E-state index is 0.525. The van der Waals surface area contributed by atoms with Crippen molar-refractivity contribution in [2.45, 2.75) is 50.2 Å². The van der Waals surface area contributed by atoms with Gasteiger partial charge in [-0.3, -0.25) is 0 Å². The van der Waals surface area contributed by atoms with E-state index in [4.69, 9.17) is 4.52 Å². The van der Waals surface area contributed by atoms with E-state index in [1.807, 2.05) is 12.3 Å². The number of aromatic nitrogens is 1. The van der Waals surface area contributed by atoms with Gasteiger partial charge in [0, 0.05) is 23.7 Å². The van der Waals surface area contributed by atoms with E-state index in [1.54, 1.807) is 11.8 Å². The number of nitrogens with one attached hydrogen (secondary N) is 1. The van der Waals surface area contributed by atoms with Crippen LogP contribution in [-0.2, 0) is 12.8 Å². The molecule has 0 amide bonds. The van der Waals surface area contributed by atoms with Crippen LogP contribution in [0.25, 0.3) is 11.3 Å². The molecular formula is C17H22N2OS. The average molecular weight is 302 g/mol. The number of aryl methyl sites for hydroxylation is 1. The molecule has 0 saturated heterocycles. The predicted octanol–water partition coefficient (Wildman–Crippen LogP) is 3.92. The van der Waals surface area contributed by atoms with Gasteiger partial charge >= 0.3 is 0 Å². The van der Waals surface area contributed by atoms with Gasteiger partial charge in [0.15, 0.2) is 5.76 Å². The zero-order chi connectivity index (χ0) is 14.8. The van der Waals surface area contributed by atoms with E-state index >= 15 is 0 Å². The molecule has 112 valence electrons. The molecule has 0 radical (unpaired) electrons. The first-order valence-electron chi connectivity index (χ1n) is 7.55. The summed E-state index contributed by atoms with van der Waals surface area (Å²) in [5.74, 6) is 0.890. The largest absolute Gasteiger partial charge is 0.355 e. The standard InChI is InChI=1S/C17H22N2OS/c1-11(2)18-13-8-7-12-5-4-6-14(15(12)9-13)16-10-17(21-3)19-20-16/h4-6,10-11,13,18H,7-9H2,1-3H3. The number of benzene rings is 1. The molecular weight excluding hydrogens is 280 g/mol. The van der Waals surface area contributed by atoms with Crippen molar-refractivity contribution in [3.8, 4) is 11.3 Å². The SMILES string of the molecule is CSc1cc(-c2cccc3c2CC(NC(C)C)CC3)on1. The summed E-state index contributed by atoms with van der Waals surface area (Å²) in [5.41, 5.74) is 4.08. The second kappa shape index (κ2) is 6.24. The van der Waals surface area contributed by atoms with Gasteiger partial charge < -0.3 is 9.84 Å². The maximum Gasteiger partial charge on any atom is 0.168 e. The van der Waals surface area contributed by atoms with Crippen LogP contribution >= 0.6 is 11.8 Å². The molecule has 1 aliphatic rings. The fraction of sp³-hybridized carbons (Fsp3) is 0.471. The van der Waals surface area contributed by atoms with Gasteiger partial charge in [-0.1, -0.05) is 37.2 Å². The van der Waals surface area contributed by atoms with Crippen LogP contribution in [0.15, 0.2) is 33.8 Å². The van der Waals surface area contributed by atoms with Crippen molar-refractivity contribution in [1.82, 2.24) is 10.5 Å². The highest BCUT2D eigenvalue weighted by molar-refractivity contribution is 7.98. The summed E-state index contributed by atoms with van der Waals surface area (Å²) < 4.78 is 5.53. The van der Waals surface area contributed by atoms with Gasteiger partial charge in [0.2, 0.25) is 0 Å². The number of hydrogen-bond acceptors (Lipinski definition) is 4. The summed E-state index contributed by atoms with van der Waals surface area (Å²) in [4.78, 5) is 0. The topological polar surface area (TPSA) is 38.1 Å². The number of thioether (sulfide) groups is 1. The number of rotatable bonds is 4. The van der Waals surface area contributed by atoms with Gasteiger partial charge in [-0.05, 0) is 36.6 Å². The minimum Gasteiger partial charge on any atom is -0.355 e. The smallest absolute Gasteiger partial charge is 0.168 e. The first-order valence-corrected chi connectivity index (χ1v) is 8.77. The van der Waals surface area contributed by atoms with Crippen molar-refractivity contribution >= 4 is 11.8 Å². The van der Waals surface area contributed by atoms with Crippen LogP contribution in [-0.4, -0.2) is 23.5 Å². The van der Waals surface area contributed by atoms with Crippen molar-refractivity contribution in [2.75, 3.05) is 6.26 Å². The third-order valence-electron chi connectivity index (χ3n) is 4.02. The van der Waals surface area contributed by atoms with Crippen LogP contribution in [0.3, 0.4) is 0 Å². The molecule has 0 bridgehead atoms. The van der Waals surface area contributed by atoms with Crippen LogP contribution in [0.4, 0.5) is 0 Å². The Hall–Kier alpha value is -1.26. The first-order chi connectivity index (χ1) is 10.2. The van der Waals surface area contributed by atoms with Gasteiger partial charge in [0.1, 0.15) is 5.03 Å². The highest BCUT2D eigenvalue weighted by Gasteiger charge is 2.23. The lowest BCUT2D eigenvalue weighted by molar-refractivity contribution is 0.410. The Morgan fingerprint density at radius 2 is 2.24 bits per heavy atom. The van der Waals surface area contributed by atoms with Gasteiger partial charge in [-0.15, -0.1) is 11.8 Å². The van der Waals surface area contributed by atoms with E-state index in [0.29, 0.717) is 12.1 Å². The lowest BCUT2D eigenvalue weighted by Gasteiger charge is -2.28. The lowest BCUT2D eigenvalue weighted by Crippen LogP contribution is -2.38. The van der Waals surface area contributed by atoms with Crippen LogP contribution in [0.5, 0.6) is 0 Å². The maximum atomic E-state index is 5.53. The third kappa shape index (κ3) is 3.16. The minimum atomic E-state index is 0.525. The normalized spacial score (nSPS) is 18.0. The number of fused-ring (bicyclic) bond motifs is 1. The Balaban J connectivity index is 1.93. The summed E-state index contributed by atoms with van der Waals surface area (Å²) in [5, 5.41) is 8.71. The molecule has 2 aromatic rings. The van der Waals surface area contributed by atoms with Crippen molar-refractivity contribution in [3.63, 3.8) is 0 Å². The summed E-state index contributed by atoms with van der Waals surface area (Å²) in [7, 11) is 0. The summed E-state index contributed by atoms with van der Waals surface area (Å²) >= 11 is 1.61. The maximum absolute atomic E-state index is 5.53. The highest BCUT2D eigenvalue weighted by Crippen LogP contribution is 2.33. The Labute approximate surface area is 130 Å². The molecule has 0 fully saturated rings. The van der Waals surface area contributed by atoms with Crippen LogP contribution in [0.2, 0.25) is 0 Å². The van der Waals surface area contributed by atoms with Crippen molar-refractivity contribution in [2.24, 2.45) is 0 Å². The Morgan fingerprint density at radius 1 is 1.38 bits per heavy atom. The molecule has 1 unspecified atom stereocenters. The van der Waals surface area contributed by atoms with Crippen LogP contribution < -0.4 is 5.32 Å². The second-order valence-corrected chi connectivity index (χ2v) is 6.76. The Morgan fingerprint density at radius 3 is 2.95 bits per heavy atom. The summed E-state index contributed by atoms with van der Waals surface area (Å²) in [6.07, 6.45) is 5.43. The van der Waals surface area contributed by atoms with E-state index in [0.717, 1.165) is 23.6 Å². The van der Waals surface area contributed by atoms with Crippen molar-refractivity contribution in [3.05, 3.63) is 35.4 Å². The van der Waals surface area contributed by atoms with Crippen LogP contribution in [0.1, 0.15) is 31.4 Å². The average Bonchev–Trinajstić information content (AvgIpc) is 2.94. The van der Waals surface area contributed by atoms with Gasteiger partial charge in [-0.2, -0.15) is 0 Å². The monoisotopic (exact) mass is 302 g/mol. The summed E-state index contributed by atoms with van der Waals surface area (Å²) in [6, 6.07) is 9.65. The number of hydrogen-bond donors (Lipinski definition) is 1. The van der Waals surface area contributed by atoms with E-state index in [9.17, 15) is 0 Å². The first kappa shape index (κ1) is 14.7. The van der Waals surface area contributed by atoms with Gasteiger partial charge in [0.05, 0.1) is 0 Å². The fourth-order valence-corrected chi connectivity index (χ4v) is 3.45. The van der Waals surface area contributed by atoms with Crippen molar-refractivity contribution < 1.29 is 4.52 Å². The van der Waals surface area contributed by atoms with E-state index in [2.05, 4.69) is 42.5 Å². The molecule has 0 spiro atoms. The van der Waals surface area contributed by atoms with E-state index < -0.39 is 0 Å². The molecule has 1 aliphatic carbocycles. The zero-order valence-corrected chi connectivity index (χ0v) is 13.7. The highest BCUT2D eigenvalue weighted by atomic mass is 32.2. The molecule has 0 saturated carbocycles.